The molecule has 0 unspecified atom stereocenters. The summed E-state index contributed by atoms with van der Waals surface area (Å²) in [5.74, 6) is -1.27. The van der Waals surface area contributed by atoms with Gasteiger partial charge in [-0.05, 0) is 37.1 Å². The number of aromatic carboxylic acids is 1. The quantitative estimate of drug-likeness (QED) is 0.785. The number of nitrogens with zero attached hydrogens (tertiary/aromatic N) is 1. The standard InChI is InChI=1S/C13H13N3O3/c1-7-3-4-9(5-8(7)2)12(17)14-11-6-10(13(18)19)15-16-11/h3-6H,1-2H3,(H,18,19)(H2,14,15,16,17). The van der Waals surface area contributed by atoms with Gasteiger partial charge in [0.05, 0.1) is 0 Å². The monoisotopic (exact) mass is 259 g/mol. The molecule has 0 aliphatic rings. The molecule has 6 heteroatoms. The molecule has 1 heterocycles. The molecule has 0 bridgehead atoms. The van der Waals surface area contributed by atoms with Crippen molar-refractivity contribution in [2.24, 2.45) is 0 Å². The van der Waals surface area contributed by atoms with Crippen LogP contribution in [0, 0.1) is 13.8 Å². The minimum atomic E-state index is -1.13. The van der Waals surface area contributed by atoms with Crippen molar-refractivity contribution in [2.75, 3.05) is 5.32 Å². The van der Waals surface area contributed by atoms with Gasteiger partial charge in [0, 0.05) is 11.6 Å². The number of H-pyrrole nitrogens is 1. The predicted molar refractivity (Wildman–Crippen MR) is 69.4 cm³/mol. The molecule has 0 aliphatic heterocycles. The minimum Gasteiger partial charge on any atom is -0.477 e. The molecule has 6 nitrogen and oxygen atoms in total. The molecule has 0 radical (unpaired) electrons. The largest absolute Gasteiger partial charge is 0.477 e. The van der Waals surface area contributed by atoms with Gasteiger partial charge in [0.2, 0.25) is 0 Å². The van der Waals surface area contributed by atoms with Crippen LogP contribution in [-0.2, 0) is 0 Å². The van der Waals surface area contributed by atoms with Crippen LogP contribution < -0.4 is 5.32 Å². The van der Waals surface area contributed by atoms with Crippen LogP contribution in [0.4, 0.5) is 5.82 Å². The Hall–Kier alpha value is -2.63. The van der Waals surface area contributed by atoms with E-state index < -0.39 is 5.97 Å². The zero-order valence-corrected chi connectivity index (χ0v) is 10.5. The number of anilines is 1. The summed E-state index contributed by atoms with van der Waals surface area (Å²) in [5, 5.41) is 17.3. The van der Waals surface area contributed by atoms with E-state index in [-0.39, 0.29) is 17.4 Å². The third kappa shape index (κ3) is 2.79. The molecule has 0 saturated carbocycles. The van der Waals surface area contributed by atoms with Crippen molar-refractivity contribution in [3.63, 3.8) is 0 Å². The molecule has 98 valence electrons. The lowest BCUT2D eigenvalue weighted by Crippen LogP contribution is -2.12. The van der Waals surface area contributed by atoms with Gasteiger partial charge in [0.25, 0.3) is 5.91 Å². The number of carboxylic acid groups (broad SMARTS) is 1. The summed E-state index contributed by atoms with van der Waals surface area (Å²) in [5.41, 5.74) is 2.55. The second-order valence-corrected chi connectivity index (χ2v) is 4.23. The number of hydrogen-bond acceptors (Lipinski definition) is 3. The molecule has 0 aliphatic carbocycles. The zero-order valence-electron chi connectivity index (χ0n) is 10.5. The van der Waals surface area contributed by atoms with E-state index in [2.05, 4.69) is 15.5 Å². The van der Waals surface area contributed by atoms with E-state index in [4.69, 9.17) is 5.11 Å². The van der Waals surface area contributed by atoms with Gasteiger partial charge in [-0.1, -0.05) is 6.07 Å². The summed E-state index contributed by atoms with van der Waals surface area (Å²) < 4.78 is 0. The zero-order chi connectivity index (χ0) is 14.0. The molecule has 1 aromatic heterocycles. The van der Waals surface area contributed by atoms with E-state index in [0.29, 0.717) is 5.56 Å². The van der Waals surface area contributed by atoms with Crippen molar-refractivity contribution in [1.82, 2.24) is 10.2 Å². The normalized spacial score (nSPS) is 10.2. The topological polar surface area (TPSA) is 95.1 Å². The lowest BCUT2D eigenvalue weighted by molar-refractivity contribution is 0.0690. The molecule has 19 heavy (non-hydrogen) atoms. The summed E-state index contributed by atoms with van der Waals surface area (Å²) in [6, 6.07) is 6.61. The molecule has 0 fully saturated rings. The number of amides is 1. The number of benzene rings is 1. The van der Waals surface area contributed by atoms with Crippen LogP contribution in [0.25, 0.3) is 0 Å². The van der Waals surface area contributed by atoms with Crippen LogP contribution >= 0.6 is 0 Å². The summed E-state index contributed by atoms with van der Waals surface area (Å²) in [6.45, 7) is 3.88. The smallest absolute Gasteiger partial charge is 0.353 e. The fraction of sp³-hybridized carbons (Fsp3) is 0.154. The fourth-order valence-corrected chi connectivity index (χ4v) is 1.57. The Morgan fingerprint density at radius 2 is 1.95 bits per heavy atom. The number of carboxylic acids is 1. The van der Waals surface area contributed by atoms with Crippen molar-refractivity contribution in [3.05, 3.63) is 46.6 Å². The Morgan fingerprint density at radius 1 is 1.21 bits per heavy atom. The van der Waals surface area contributed by atoms with Crippen LogP contribution in [-0.4, -0.2) is 27.2 Å². The van der Waals surface area contributed by atoms with E-state index in [1.165, 1.54) is 6.07 Å². The van der Waals surface area contributed by atoms with Crippen LogP contribution in [0.5, 0.6) is 0 Å². The molecular weight excluding hydrogens is 246 g/mol. The fourth-order valence-electron chi connectivity index (χ4n) is 1.57. The van der Waals surface area contributed by atoms with Gasteiger partial charge in [-0.3, -0.25) is 9.89 Å². The Kier molecular flexibility index (Phi) is 3.33. The number of rotatable bonds is 3. The molecule has 2 aromatic rings. The Bertz CT molecular complexity index is 646. The molecule has 0 saturated heterocycles. The van der Waals surface area contributed by atoms with E-state index >= 15 is 0 Å². The van der Waals surface area contributed by atoms with Gasteiger partial charge < -0.3 is 10.4 Å². The van der Waals surface area contributed by atoms with Crippen molar-refractivity contribution in [1.29, 1.82) is 0 Å². The Morgan fingerprint density at radius 3 is 2.53 bits per heavy atom. The van der Waals surface area contributed by atoms with Crippen molar-refractivity contribution in [3.8, 4) is 0 Å². The van der Waals surface area contributed by atoms with Crippen LogP contribution in [0.1, 0.15) is 32.0 Å². The summed E-state index contributed by atoms with van der Waals surface area (Å²) in [6.07, 6.45) is 0. The summed E-state index contributed by atoms with van der Waals surface area (Å²) >= 11 is 0. The van der Waals surface area contributed by atoms with Gasteiger partial charge in [0.15, 0.2) is 5.82 Å². The Labute approximate surface area is 109 Å². The number of nitrogens with one attached hydrogen (secondary N) is 2. The van der Waals surface area contributed by atoms with Crippen molar-refractivity contribution in [2.45, 2.75) is 13.8 Å². The Balaban J connectivity index is 2.15. The summed E-state index contributed by atoms with van der Waals surface area (Å²) in [7, 11) is 0. The lowest BCUT2D eigenvalue weighted by Gasteiger charge is -2.04. The lowest BCUT2D eigenvalue weighted by atomic mass is 10.1. The van der Waals surface area contributed by atoms with Gasteiger partial charge in [-0.25, -0.2) is 4.79 Å². The maximum absolute atomic E-state index is 11.9. The third-order valence-corrected chi connectivity index (χ3v) is 2.82. The van der Waals surface area contributed by atoms with E-state index in [1.54, 1.807) is 12.1 Å². The highest BCUT2D eigenvalue weighted by Crippen LogP contribution is 2.12. The first-order valence-electron chi connectivity index (χ1n) is 5.64. The van der Waals surface area contributed by atoms with Gasteiger partial charge >= 0.3 is 5.97 Å². The second-order valence-electron chi connectivity index (χ2n) is 4.23. The van der Waals surface area contributed by atoms with Crippen LogP contribution in [0.3, 0.4) is 0 Å². The number of carbonyl (C=O) groups is 2. The van der Waals surface area contributed by atoms with Gasteiger partial charge in [0.1, 0.15) is 5.69 Å². The first-order chi connectivity index (χ1) is 8.97. The molecule has 2 rings (SSSR count). The highest BCUT2D eigenvalue weighted by atomic mass is 16.4. The number of aromatic nitrogens is 2. The molecule has 3 N–H and O–H groups in total. The molecule has 1 aromatic carbocycles. The SMILES string of the molecule is Cc1ccc(C(=O)Nc2cc(C(=O)O)[nH]n2)cc1C. The van der Waals surface area contributed by atoms with E-state index in [0.717, 1.165) is 11.1 Å². The van der Waals surface area contributed by atoms with Crippen molar-refractivity contribution < 1.29 is 14.7 Å². The predicted octanol–water partition coefficient (Wildman–Crippen LogP) is 1.98. The summed E-state index contributed by atoms with van der Waals surface area (Å²) in [4.78, 5) is 22.6. The highest BCUT2D eigenvalue weighted by Gasteiger charge is 2.11. The highest BCUT2D eigenvalue weighted by molar-refractivity contribution is 6.04. The van der Waals surface area contributed by atoms with E-state index in [9.17, 15) is 9.59 Å². The minimum absolute atomic E-state index is 0.0737. The first-order valence-corrected chi connectivity index (χ1v) is 5.64. The van der Waals surface area contributed by atoms with Crippen LogP contribution in [0.15, 0.2) is 24.3 Å². The molecular formula is C13H13N3O3. The molecule has 1 amide bonds. The number of hydrogen-bond donors (Lipinski definition) is 3. The first kappa shape index (κ1) is 12.8. The second kappa shape index (κ2) is 4.93. The number of aryl methyl sites for hydroxylation is 2. The molecule has 0 atom stereocenters. The number of carbonyl (C=O) groups excluding carboxylic acids is 1. The van der Waals surface area contributed by atoms with Gasteiger partial charge in [-0.15, -0.1) is 0 Å². The van der Waals surface area contributed by atoms with Crippen molar-refractivity contribution >= 4 is 17.7 Å². The van der Waals surface area contributed by atoms with Gasteiger partial charge in [-0.2, -0.15) is 5.10 Å². The average Bonchev–Trinajstić information content (AvgIpc) is 2.81. The maximum Gasteiger partial charge on any atom is 0.353 e. The van der Waals surface area contributed by atoms with E-state index in [1.807, 2.05) is 19.9 Å². The average molecular weight is 259 g/mol. The third-order valence-electron chi connectivity index (χ3n) is 2.82. The molecule has 0 spiro atoms. The maximum atomic E-state index is 11.9. The number of aromatic amines is 1. The van der Waals surface area contributed by atoms with Crippen LogP contribution in [0.2, 0.25) is 0 Å².